The number of para-hydroxylation sites is 1. The maximum Gasteiger partial charge on any atom is 0.247 e. The predicted molar refractivity (Wildman–Crippen MR) is 121 cm³/mol. The number of carbonyl (C=O) groups is 3. The first kappa shape index (κ1) is 23.0. The molecule has 1 aromatic heterocycles. The molecule has 0 unspecified atom stereocenters. The summed E-state index contributed by atoms with van der Waals surface area (Å²) in [5, 5.41) is 9.56. The van der Waals surface area contributed by atoms with Crippen molar-refractivity contribution >= 4 is 23.4 Å². The van der Waals surface area contributed by atoms with E-state index in [0.29, 0.717) is 23.5 Å². The van der Waals surface area contributed by atoms with Crippen LogP contribution in [0.5, 0.6) is 5.75 Å². The summed E-state index contributed by atoms with van der Waals surface area (Å²) in [6, 6.07) is 13.9. The third-order valence-electron chi connectivity index (χ3n) is 5.25. The van der Waals surface area contributed by atoms with Gasteiger partial charge in [-0.3, -0.25) is 19.1 Å². The van der Waals surface area contributed by atoms with E-state index < -0.39 is 11.9 Å². The predicted octanol–water partition coefficient (Wildman–Crippen LogP) is 2.13. The van der Waals surface area contributed by atoms with Gasteiger partial charge in [-0.2, -0.15) is 5.10 Å². The van der Waals surface area contributed by atoms with Gasteiger partial charge in [0.05, 0.1) is 24.9 Å². The molecule has 0 spiro atoms. The van der Waals surface area contributed by atoms with E-state index in [1.165, 1.54) is 40.2 Å². The van der Waals surface area contributed by atoms with E-state index in [-0.39, 0.29) is 43.8 Å². The van der Waals surface area contributed by atoms with Gasteiger partial charge in [-0.05, 0) is 29.8 Å². The molecule has 2 aromatic carbocycles. The minimum Gasteiger partial charge on any atom is -0.493 e. The quantitative estimate of drug-likeness (QED) is 0.530. The molecule has 1 aliphatic rings. The van der Waals surface area contributed by atoms with E-state index in [9.17, 15) is 18.8 Å². The summed E-state index contributed by atoms with van der Waals surface area (Å²) in [5.74, 6) is -0.757. The van der Waals surface area contributed by atoms with Gasteiger partial charge in [-0.15, -0.1) is 0 Å². The maximum atomic E-state index is 13.7. The molecular formula is C24H24FN5O4. The van der Waals surface area contributed by atoms with Crippen molar-refractivity contribution in [3.63, 3.8) is 0 Å². The van der Waals surface area contributed by atoms with Crippen LogP contribution >= 0.6 is 0 Å². The normalized spacial score (nSPS) is 15.5. The Morgan fingerprint density at radius 1 is 1.18 bits per heavy atom. The van der Waals surface area contributed by atoms with Gasteiger partial charge in [0.25, 0.3) is 0 Å². The molecule has 1 saturated heterocycles. The summed E-state index contributed by atoms with van der Waals surface area (Å²) in [5.41, 5.74) is 0.840. The van der Waals surface area contributed by atoms with E-state index in [1.807, 2.05) is 30.3 Å². The topological polar surface area (TPSA) is 106 Å². The molecule has 1 atom stereocenters. The summed E-state index contributed by atoms with van der Waals surface area (Å²) in [4.78, 5) is 39.0. The van der Waals surface area contributed by atoms with Gasteiger partial charge in [0, 0.05) is 19.3 Å². The number of benzene rings is 2. The Hall–Kier alpha value is -4.21. The standard InChI is InChI=1S/C24H24FN5O4/c25-18-6-4-5-17(13-18)23-24(33)26-10-11-30(23)22(32)16-29-15-19(14-27-29)28-21(31)9-12-34-20-7-2-1-3-8-20/h1-8,13-15,23H,9-12,16H2,(H,26,33)(H,28,31)/t23-/m0/s1. The molecular weight excluding hydrogens is 441 g/mol. The van der Waals surface area contributed by atoms with Crippen LogP contribution in [0.15, 0.2) is 67.0 Å². The molecule has 9 nitrogen and oxygen atoms in total. The zero-order valence-electron chi connectivity index (χ0n) is 18.3. The van der Waals surface area contributed by atoms with Crippen molar-refractivity contribution in [1.29, 1.82) is 0 Å². The van der Waals surface area contributed by atoms with Gasteiger partial charge in [-0.1, -0.05) is 30.3 Å². The van der Waals surface area contributed by atoms with Crippen LogP contribution in [-0.4, -0.2) is 52.1 Å². The number of nitrogens with one attached hydrogen (secondary N) is 2. The van der Waals surface area contributed by atoms with Gasteiger partial charge < -0.3 is 20.3 Å². The number of hydrogen-bond acceptors (Lipinski definition) is 5. The third kappa shape index (κ3) is 5.77. The highest BCUT2D eigenvalue weighted by Gasteiger charge is 2.34. The average molecular weight is 465 g/mol. The second kappa shape index (κ2) is 10.6. The lowest BCUT2D eigenvalue weighted by molar-refractivity contribution is -0.144. The fourth-order valence-corrected chi connectivity index (χ4v) is 3.69. The number of carbonyl (C=O) groups excluding carboxylic acids is 3. The van der Waals surface area contributed by atoms with Crippen molar-refractivity contribution in [3.05, 3.63) is 78.4 Å². The smallest absolute Gasteiger partial charge is 0.247 e. The number of anilines is 1. The number of amides is 3. The van der Waals surface area contributed by atoms with Crippen molar-refractivity contribution in [2.75, 3.05) is 25.0 Å². The van der Waals surface area contributed by atoms with Crippen molar-refractivity contribution in [2.24, 2.45) is 0 Å². The fourth-order valence-electron chi connectivity index (χ4n) is 3.69. The Bertz CT molecular complexity index is 1170. The highest BCUT2D eigenvalue weighted by molar-refractivity contribution is 5.91. The van der Waals surface area contributed by atoms with E-state index in [0.717, 1.165) is 0 Å². The first-order chi connectivity index (χ1) is 16.5. The van der Waals surface area contributed by atoms with Crippen LogP contribution in [0.2, 0.25) is 0 Å². The van der Waals surface area contributed by atoms with Crippen molar-refractivity contribution in [1.82, 2.24) is 20.0 Å². The number of halogens is 1. The molecule has 34 heavy (non-hydrogen) atoms. The molecule has 10 heteroatoms. The molecule has 3 amide bonds. The summed E-state index contributed by atoms with van der Waals surface area (Å²) < 4.78 is 20.6. The zero-order valence-corrected chi connectivity index (χ0v) is 18.3. The SMILES string of the molecule is O=C(CCOc1ccccc1)Nc1cnn(CC(=O)N2CCNC(=O)[C@@H]2c2cccc(F)c2)c1. The van der Waals surface area contributed by atoms with E-state index in [2.05, 4.69) is 15.7 Å². The second-order valence-corrected chi connectivity index (χ2v) is 7.72. The van der Waals surface area contributed by atoms with Crippen LogP contribution in [-0.2, 0) is 20.9 Å². The Kier molecular flexibility index (Phi) is 7.16. The van der Waals surface area contributed by atoms with E-state index >= 15 is 0 Å². The number of nitrogens with zero attached hydrogens (tertiary/aromatic N) is 3. The minimum atomic E-state index is -0.920. The van der Waals surface area contributed by atoms with Crippen LogP contribution < -0.4 is 15.4 Å². The first-order valence-corrected chi connectivity index (χ1v) is 10.8. The molecule has 4 rings (SSSR count). The van der Waals surface area contributed by atoms with Crippen LogP contribution in [0.3, 0.4) is 0 Å². The summed E-state index contributed by atoms with van der Waals surface area (Å²) in [7, 11) is 0. The van der Waals surface area contributed by atoms with E-state index in [4.69, 9.17) is 4.74 Å². The monoisotopic (exact) mass is 465 g/mol. The van der Waals surface area contributed by atoms with Gasteiger partial charge in [0.2, 0.25) is 17.7 Å². The van der Waals surface area contributed by atoms with Gasteiger partial charge in [0.15, 0.2) is 0 Å². The number of piperazine rings is 1. The van der Waals surface area contributed by atoms with Gasteiger partial charge >= 0.3 is 0 Å². The largest absolute Gasteiger partial charge is 0.493 e. The fraction of sp³-hybridized carbons (Fsp3) is 0.250. The average Bonchev–Trinajstić information content (AvgIpc) is 3.26. The number of aromatic nitrogens is 2. The molecule has 0 radical (unpaired) electrons. The Labute approximate surface area is 195 Å². The highest BCUT2D eigenvalue weighted by atomic mass is 19.1. The third-order valence-corrected chi connectivity index (χ3v) is 5.25. The lowest BCUT2D eigenvalue weighted by Crippen LogP contribution is -2.52. The molecule has 176 valence electrons. The molecule has 2 heterocycles. The summed E-state index contributed by atoms with van der Waals surface area (Å²) in [6.45, 7) is 0.687. The van der Waals surface area contributed by atoms with Crippen molar-refractivity contribution in [2.45, 2.75) is 19.0 Å². The van der Waals surface area contributed by atoms with Crippen LogP contribution in [0.25, 0.3) is 0 Å². The zero-order chi connectivity index (χ0) is 23.9. The number of ether oxygens (including phenoxy) is 1. The Morgan fingerprint density at radius 3 is 2.79 bits per heavy atom. The van der Waals surface area contributed by atoms with Gasteiger partial charge in [-0.25, -0.2) is 4.39 Å². The first-order valence-electron chi connectivity index (χ1n) is 10.8. The number of rotatable bonds is 8. The second-order valence-electron chi connectivity index (χ2n) is 7.72. The molecule has 0 aliphatic carbocycles. The molecule has 2 N–H and O–H groups in total. The molecule has 0 saturated carbocycles. The lowest BCUT2D eigenvalue weighted by atomic mass is 10.0. The molecule has 0 bridgehead atoms. The van der Waals surface area contributed by atoms with Crippen LogP contribution in [0.1, 0.15) is 18.0 Å². The summed E-state index contributed by atoms with van der Waals surface area (Å²) in [6.07, 6.45) is 3.13. The van der Waals surface area contributed by atoms with Crippen LogP contribution in [0, 0.1) is 5.82 Å². The number of hydrogen-bond donors (Lipinski definition) is 2. The van der Waals surface area contributed by atoms with Crippen LogP contribution in [0.4, 0.5) is 10.1 Å². The Balaban J connectivity index is 1.33. The van der Waals surface area contributed by atoms with Gasteiger partial charge in [0.1, 0.15) is 24.2 Å². The van der Waals surface area contributed by atoms with E-state index in [1.54, 1.807) is 6.07 Å². The summed E-state index contributed by atoms with van der Waals surface area (Å²) >= 11 is 0. The molecule has 1 fully saturated rings. The maximum absolute atomic E-state index is 13.7. The molecule has 1 aliphatic heterocycles. The van der Waals surface area contributed by atoms with Crippen molar-refractivity contribution in [3.8, 4) is 5.75 Å². The minimum absolute atomic E-state index is 0.133. The highest BCUT2D eigenvalue weighted by Crippen LogP contribution is 2.24. The lowest BCUT2D eigenvalue weighted by Gasteiger charge is -2.35. The molecule has 3 aromatic rings. The van der Waals surface area contributed by atoms with Crippen molar-refractivity contribution < 1.29 is 23.5 Å². The Morgan fingerprint density at radius 2 is 2.00 bits per heavy atom.